The van der Waals surface area contributed by atoms with Crippen molar-refractivity contribution >= 4 is 11.5 Å². The van der Waals surface area contributed by atoms with E-state index < -0.39 is 24.7 Å². The summed E-state index contributed by atoms with van der Waals surface area (Å²) in [5.41, 5.74) is 3.22. The number of hydrogen-bond acceptors (Lipinski definition) is 4. The van der Waals surface area contributed by atoms with Gasteiger partial charge in [0.15, 0.2) is 6.61 Å². The minimum absolute atomic E-state index is 0.0232. The number of aliphatic carboxylic acids is 1. The molecule has 0 bridgehead atoms. The average Bonchev–Trinajstić information content (AvgIpc) is 3.18. The Kier molecular flexibility index (Phi) is 7.34. The summed E-state index contributed by atoms with van der Waals surface area (Å²) in [6, 6.07) is 5.59. The Balaban J connectivity index is 1.78. The average molecular weight is 463 g/mol. The number of aryl methyl sites for hydroxylation is 1. The number of nitrogens with zero attached hydrogens (tertiary/aromatic N) is 1. The first-order valence-electron chi connectivity index (χ1n) is 10.9. The molecule has 5 nitrogen and oxygen atoms in total. The monoisotopic (exact) mass is 463 g/mol. The predicted octanol–water partition coefficient (Wildman–Crippen LogP) is 6.44. The van der Waals surface area contributed by atoms with Crippen LogP contribution < -0.4 is 4.74 Å². The third-order valence-electron chi connectivity index (χ3n) is 5.58. The van der Waals surface area contributed by atoms with E-state index in [0.717, 1.165) is 28.7 Å². The quantitative estimate of drug-likeness (QED) is 0.488. The van der Waals surface area contributed by atoms with E-state index in [4.69, 9.17) is 14.3 Å². The van der Waals surface area contributed by atoms with E-state index in [9.17, 15) is 18.0 Å². The van der Waals surface area contributed by atoms with Crippen molar-refractivity contribution in [2.24, 2.45) is 5.92 Å². The Labute approximate surface area is 191 Å². The molecule has 0 saturated carbocycles. The zero-order valence-corrected chi connectivity index (χ0v) is 19.1. The molecule has 1 aliphatic carbocycles. The predicted molar refractivity (Wildman–Crippen MR) is 118 cm³/mol. The Bertz CT molecular complexity index is 1070. The van der Waals surface area contributed by atoms with Crippen molar-refractivity contribution in [1.82, 2.24) is 4.98 Å². The molecule has 1 aliphatic rings. The van der Waals surface area contributed by atoms with Crippen molar-refractivity contribution < 1.29 is 32.2 Å². The highest BCUT2D eigenvalue weighted by Crippen LogP contribution is 2.37. The van der Waals surface area contributed by atoms with Crippen molar-refractivity contribution in [3.63, 3.8) is 0 Å². The summed E-state index contributed by atoms with van der Waals surface area (Å²) in [4.78, 5) is 15.3. The minimum atomic E-state index is -4.26. The van der Waals surface area contributed by atoms with E-state index in [1.165, 1.54) is 12.2 Å². The van der Waals surface area contributed by atoms with Crippen LogP contribution in [-0.4, -0.2) is 28.8 Å². The number of oxazole rings is 1. The van der Waals surface area contributed by atoms with Crippen molar-refractivity contribution in [3.05, 3.63) is 64.9 Å². The maximum atomic E-state index is 12.9. The van der Waals surface area contributed by atoms with E-state index in [1.807, 2.05) is 39.8 Å². The fraction of sp³-hybridized carbons (Fsp3) is 0.440. The van der Waals surface area contributed by atoms with E-state index in [-0.39, 0.29) is 18.3 Å². The largest absolute Gasteiger partial charge is 0.482 e. The molecule has 0 radical (unpaired) electrons. The maximum Gasteiger partial charge on any atom is 0.395 e. The molecule has 0 saturated heterocycles. The second kappa shape index (κ2) is 9.85. The fourth-order valence-electron chi connectivity index (χ4n) is 3.84. The van der Waals surface area contributed by atoms with Gasteiger partial charge in [0.25, 0.3) is 0 Å². The van der Waals surface area contributed by atoms with Gasteiger partial charge in [0.1, 0.15) is 11.5 Å². The van der Waals surface area contributed by atoms with Crippen LogP contribution in [0.15, 0.2) is 40.8 Å². The van der Waals surface area contributed by atoms with Crippen LogP contribution in [0.5, 0.6) is 5.75 Å². The molecule has 1 unspecified atom stereocenters. The molecule has 1 heterocycles. The maximum absolute atomic E-state index is 12.9. The van der Waals surface area contributed by atoms with Gasteiger partial charge < -0.3 is 14.3 Å². The highest BCUT2D eigenvalue weighted by molar-refractivity contribution is 5.70. The molecule has 0 spiro atoms. The summed E-state index contributed by atoms with van der Waals surface area (Å²) in [6.07, 6.45) is 0.389. The first kappa shape index (κ1) is 24.6. The van der Waals surface area contributed by atoms with Gasteiger partial charge in [0.2, 0.25) is 5.89 Å². The van der Waals surface area contributed by atoms with Crippen molar-refractivity contribution in [2.45, 2.75) is 58.5 Å². The van der Waals surface area contributed by atoms with Gasteiger partial charge in [-0.2, -0.15) is 13.2 Å². The molecule has 1 N–H and O–H groups in total. The molecular weight excluding hydrogens is 435 g/mol. The number of halogens is 3. The van der Waals surface area contributed by atoms with Crippen LogP contribution in [0.25, 0.3) is 5.57 Å². The molecule has 0 amide bonds. The van der Waals surface area contributed by atoms with Gasteiger partial charge in [0.05, 0.1) is 11.6 Å². The molecule has 0 fully saturated rings. The van der Waals surface area contributed by atoms with Gasteiger partial charge in [-0.3, -0.25) is 0 Å². The topological polar surface area (TPSA) is 72.6 Å². The summed E-state index contributed by atoms with van der Waals surface area (Å²) >= 11 is 0. The number of carboxylic acids is 1. The normalized spacial score (nSPS) is 17.2. The highest BCUT2D eigenvalue weighted by atomic mass is 19.4. The lowest BCUT2D eigenvalue weighted by molar-refractivity contribution is -0.160. The molecule has 1 aromatic carbocycles. The first-order chi connectivity index (χ1) is 15.5. The number of carbonyl (C=O) groups is 1. The molecule has 33 heavy (non-hydrogen) atoms. The summed E-state index contributed by atoms with van der Waals surface area (Å²) in [7, 11) is 0. The molecule has 178 valence electrons. The minimum Gasteiger partial charge on any atom is -0.482 e. The van der Waals surface area contributed by atoms with E-state index in [1.54, 1.807) is 6.07 Å². The van der Waals surface area contributed by atoms with E-state index in [0.29, 0.717) is 23.6 Å². The van der Waals surface area contributed by atoms with E-state index in [2.05, 4.69) is 4.98 Å². The molecule has 0 aliphatic heterocycles. The zero-order valence-electron chi connectivity index (χ0n) is 19.1. The Morgan fingerprint density at radius 3 is 2.58 bits per heavy atom. The van der Waals surface area contributed by atoms with Gasteiger partial charge >= 0.3 is 12.1 Å². The number of aromatic nitrogens is 1. The van der Waals surface area contributed by atoms with Gasteiger partial charge in [-0.1, -0.05) is 51.1 Å². The van der Waals surface area contributed by atoms with Crippen molar-refractivity contribution in [1.29, 1.82) is 0 Å². The molecule has 2 aromatic rings. The van der Waals surface area contributed by atoms with Crippen LogP contribution in [0.1, 0.15) is 67.5 Å². The number of alkyl halides is 3. The molecule has 8 heteroatoms. The lowest BCUT2D eigenvalue weighted by atomic mass is 9.94. The highest BCUT2D eigenvalue weighted by Gasteiger charge is 2.38. The molecule has 2 atom stereocenters. The van der Waals surface area contributed by atoms with Crippen LogP contribution >= 0.6 is 0 Å². The van der Waals surface area contributed by atoms with Crippen LogP contribution in [0.2, 0.25) is 0 Å². The van der Waals surface area contributed by atoms with E-state index >= 15 is 0 Å². The zero-order chi connectivity index (χ0) is 24.3. The van der Waals surface area contributed by atoms with Crippen molar-refractivity contribution in [2.75, 3.05) is 6.61 Å². The smallest absolute Gasteiger partial charge is 0.395 e. The molecular formula is C25H28F3NO4. The number of hydrogen-bond donors (Lipinski definition) is 1. The lowest BCUT2D eigenvalue weighted by Crippen LogP contribution is -2.21. The van der Waals surface area contributed by atoms with Gasteiger partial charge in [-0.25, -0.2) is 9.78 Å². The Morgan fingerprint density at radius 2 is 2.03 bits per heavy atom. The third-order valence-corrected chi connectivity index (χ3v) is 5.58. The van der Waals surface area contributed by atoms with Crippen LogP contribution in [0.4, 0.5) is 13.2 Å². The lowest BCUT2D eigenvalue weighted by Gasteiger charge is -2.18. The summed E-state index contributed by atoms with van der Waals surface area (Å²) in [6.45, 7) is 7.48. The third kappa shape index (κ3) is 6.06. The molecule has 3 rings (SSSR count). The summed E-state index contributed by atoms with van der Waals surface area (Å²) < 4.78 is 50.2. The SMILES string of the molecule is Cc1cc(C[C@@H](C)c2oc(C3=CCC(C(F)(F)F)C=C3)nc2C(C)C)ccc1OCC(=O)O. The number of allylic oxidation sites excluding steroid dienone is 4. The fourth-order valence-corrected chi connectivity index (χ4v) is 3.84. The number of ether oxygens (including phenoxy) is 1. The second-order valence-corrected chi connectivity index (χ2v) is 8.71. The van der Waals surface area contributed by atoms with Crippen LogP contribution in [0.3, 0.4) is 0 Å². The number of carboxylic acid groups (broad SMARTS) is 1. The molecule has 1 aromatic heterocycles. The number of rotatable bonds is 8. The standard InChI is InChI=1S/C25H28F3NO4/c1-14(2)22-23(33-24(29-22)18-6-8-19(9-7-18)25(26,27)28)16(4)12-17-5-10-20(15(3)11-17)32-13-21(30)31/h5-8,10-11,14,16,19H,9,12-13H2,1-4H3,(H,30,31)/t16-,19?/m1/s1. The Hall–Kier alpha value is -3.03. The Morgan fingerprint density at radius 1 is 1.30 bits per heavy atom. The van der Waals surface area contributed by atoms with Gasteiger partial charge in [0, 0.05) is 11.5 Å². The van der Waals surface area contributed by atoms with Crippen LogP contribution in [0, 0.1) is 12.8 Å². The van der Waals surface area contributed by atoms with Gasteiger partial charge in [-0.05, 0) is 42.9 Å². The summed E-state index contributed by atoms with van der Waals surface area (Å²) in [5.74, 6) is -0.875. The second-order valence-electron chi connectivity index (χ2n) is 8.71. The van der Waals surface area contributed by atoms with Gasteiger partial charge in [-0.15, -0.1) is 0 Å². The first-order valence-corrected chi connectivity index (χ1v) is 10.9. The van der Waals surface area contributed by atoms with Crippen molar-refractivity contribution in [3.8, 4) is 5.75 Å². The number of benzene rings is 1. The van der Waals surface area contributed by atoms with Crippen LogP contribution in [-0.2, 0) is 11.2 Å². The summed E-state index contributed by atoms with van der Waals surface area (Å²) in [5, 5.41) is 8.78.